The average molecular weight is 1040 g/mol. The van der Waals surface area contributed by atoms with E-state index in [9.17, 15) is 29.4 Å². The number of piperazine rings is 1. The first-order valence-corrected chi connectivity index (χ1v) is 26.3. The van der Waals surface area contributed by atoms with Crippen LogP contribution in [0.25, 0.3) is 11.3 Å². The number of fused-ring (bicyclic) bond motifs is 4. The van der Waals surface area contributed by atoms with E-state index in [2.05, 4.69) is 72.2 Å². The van der Waals surface area contributed by atoms with Gasteiger partial charge < -0.3 is 40.0 Å². The lowest BCUT2D eigenvalue weighted by Crippen LogP contribution is -2.57. The molecule has 5 aliphatic rings. The molecule has 0 bridgehead atoms. The van der Waals surface area contributed by atoms with E-state index in [1.54, 1.807) is 55.4 Å². The van der Waals surface area contributed by atoms with Crippen LogP contribution in [-0.4, -0.2) is 122 Å². The lowest BCUT2D eigenvalue weighted by Gasteiger charge is -2.47. The molecule has 4 N–H and O–H groups in total. The number of methoxy groups -OCH3 is 1. The second-order valence-corrected chi connectivity index (χ2v) is 22.0. The summed E-state index contributed by atoms with van der Waals surface area (Å²) in [5.74, 6) is -0.412. The molecular formula is C58H64N12O7. The van der Waals surface area contributed by atoms with Crippen molar-refractivity contribution in [3.05, 3.63) is 131 Å². The van der Waals surface area contributed by atoms with E-state index >= 15 is 0 Å². The minimum Gasteiger partial charge on any atom is -0.478 e. The van der Waals surface area contributed by atoms with E-state index in [-0.39, 0.29) is 29.2 Å². The van der Waals surface area contributed by atoms with Gasteiger partial charge in [0, 0.05) is 98.5 Å². The molecule has 77 heavy (non-hydrogen) atoms. The SMILES string of the molecule is C=CC(=O)Nc1cc(Nc2nc(-c3ccnc(N4CCn5c(cc6c5CC(C)(C)C6)C4=O)c3CO)cnc2OC)ccc1N1CCN(C2CCN(c3ccc4c(c3)C(=O)N(c3ccnc(C(C)(C)O)c3)C4=O)CC2)C[C@@H]1C. The molecule has 19 nitrogen and oxygen atoms in total. The Labute approximate surface area is 447 Å². The molecule has 4 aromatic heterocycles. The fraction of sp³-hybridized carbons (Fsp3) is 0.379. The largest absolute Gasteiger partial charge is 0.478 e. The van der Waals surface area contributed by atoms with E-state index in [1.165, 1.54) is 30.6 Å². The lowest BCUT2D eigenvalue weighted by molar-refractivity contribution is -0.111. The van der Waals surface area contributed by atoms with Crippen LogP contribution in [0.1, 0.15) is 101 Å². The summed E-state index contributed by atoms with van der Waals surface area (Å²) < 4.78 is 7.82. The predicted octanol–water partition coefficient (Wildman–Crippen LogP) is 7.10. The Morgan fingerprint density at radius 2 is 1.65 bits per heavy atom. The first kappa shape index (κ1) is 51.1. The van der Waals surface area contributed by atoms with Crippen molar-refractivity contribution in [2.75, 3.05) is 76.6 Å². The number of piperidine rings is 1. The number of nitrogens with zero attached hydrogens (tertiary/aromatic N) is 10. The molecule has 1 aliphatic carbocycles. The zero-order valence-electron chi connectivity index (χ0n) is 44.3. The third kappa shape index (κ3) is 9.45. The number of nitrogens with one attached hydrogen (secondary N) is 2. The fourth-order valence-electron chi connectivity index (χ4n) is 12.0. The van der Waals surface area contributed by atoms with E-state index in [0.717, 1.165) is 74.7 Å². The van der Waals surface area contributed by atoms with Gasteiger partial charge in [-0.05, 0) is 124 Å². The number of aromatic nitrogens is 5. The monoisotopic (exact) mass is 1040 g/mol. The molecule has 398 valence electrons. The number of aliphatic hydroxyl groups excluding tert-OH is 1. The Bertz CT molecular complexity index is 3380. The number of carbonyl (C=O) groups is 4. The second-order valence-electron chi connectivity index (χ2n) is 22.0. The molecule has 4 amide bonds. The second kappa shape index (κ2) is 19.9. The molecule has 8 heterocycles. The molecule has 0 saturated carbocycles. The van der Waals surface area contributed by atoms with Crippen LogP contribution in [0.4, 0.5) is 40.1 Å². The van der Waals surface area contributed by atoms with Gasteiger partial charge in [-0.3, -0.25) is 34.0 Å². The fourth-order valence-corrected chi connectivity index (χ4v) is 12.0. The molecule has 0 spiro atoms. The van der Waals surface area contributed by atoms with Gasteiger partial charge in [0.15, 0.2) is 5.82 Å². The van der Waals surface area contributed by atoms with Crippen LogP contribution in [0.15, 0.2) is 91.9 Å². The van der Waals surface area contributed by atoms with Crippen LogP contribution in [0, 0.1) is 5.41 Å². The Morgan fingerprint density at radius 1 is 0.870 bits per heavy atom. The Hall–Kier alpha value is -8.00. The van der Waals surface area contributed by atoms with Crippen LogP contribution >= 0.6 is 0 Å². The number of imide groups is 1. The van der Waals surface area contributed by atoms with Crippen molar-refractivity contribution in [1.29, 1.82) is 0 Å². The molecule has 2 saturated heterocycles. The maximum atomic E-state index is 14.1. The van der Waals surface area contributed by atoms with Gasteiger partial charge in [-0.2, -0.15) is 0 Å². The van der Waals surface area contributed by atoms with Gasteiger partial charge in [-0.15, -0.1) is 0 Å². The molecule has 2 fully saturated rings. The molecule has 0 radical (unpaired) electrons. The molecule has 2 aromatic carbocycles. The summed E-state index contributed by atoms with van der Waals surface area (Å²) in [7, 11) is 1.51. The highest BCUT2D eigenvalue weighted by atomic mass is 16.5. The topological polar surface area (TPSA) is 215 Å². The normalized spacial score (nSPS) is 18.6. The van der Waals surface area contributed by atoms with Crippen molar-refractivity contribution in [2.45, 2.75) is 91.1 Å². The maximum Gasteiger partial charge on any atom is 0.276 e. The quantitative estimate of drug-likeness (QED) is 0.0671. The smallest absolute Gasteiger partial charge is 0.276 e. The van der Waals surface area contributed by atoms with E-state index < -0.39 is 24.0 Å². The third-order valence-electron chi connectivity index (χ3n) is 15.8. The Morgan fingerprint density at radius 3 is 2.39 bits per heavy atom. The first-order chi connectivity index (χ1) is 36.9. The maximum absolute atomic E-state index is 14.1. The number of hydrogen-bond donors (Lipinski definition) is 4. The summed E-state index contributed by atoms with van der Waals surface area (Å²) in [4.78, 5) is 82.7. The molecule has 1 atom stereocenters. The van der Waals surface area contributed by atoms with Crippen molar-refractivity contribution < 1.29 is 34.1 Å². The number of amides is 4. The average Bonchev–Trinajstić information content (AvgIpc) is 4.22. The van der Waals surface area contributed by atoms with Crippen LogP contribution in [0.5, 0.6) is 5.88 Å². The van der Waals surface area contributed by atoms with Crippen molar-refractivity contribution in [1.82, 2.24) is 29.4 Å². The summed E-state index contributed by atoms with van der Waals surface area (Å²) in [5, 5.41) is 27.8. The van der Waals surface area contributed by atoms with Crippen molar-refractivity contribution in [2.24, 2.45) is 5.41 Å². The lowest BCUT2D eigenvalue weighted by atomic mass is 9.90. The standard InChI is InChI=1S/C58H64N12O7/c1-8-50(72)63-44-26-36(62-51-53(77-7)61-31-45(64-51)40-14-18-60-52(43(40)33-71)69-24-23-68-47(56(69)75)25-35-29-57(3,4)30-48(35)68)9-12-46(44)67-22-21-66(32-34(67)2)37-15-19-65(20-16-37)38-10-11-41-42(27-38)55(74)70(54(41)73)39-13-17-59-49(28-39)58(5,6)76/h8-14,17-18,25-28,31,34,37,71,76H,1,15-16,19-24,29-30,32-33H2,2-7H3,(H,62,64)(H,63,72)/t34-/m0/s1. The van der Waals surface area contributed by atoms with Crippen LogP contribution < -0.4 is 35.0 Å². The minimum atomic E-state index is -1.24. The Balaban J connectivity index is 0.763. The van der Waals surface area contributed by atoms with Gasteiger partial charge in [0.25, 0.3) is 23.6 Å². The van der Waals surface area contributed by atoms with E-state index in [4.69, 9.17) is 9.72 Å². The number of ether oxygens (including phenoxy) is 1. The zero-order chi connectivity index (χ0) is 54.1. The molecular weight excluding hydrogens is 977 g/mol. The van der Waals surface area contributed by atoms with Crippen molar-refractivity contribution in [3.8, 4) is 17.1 Å². The number of carbonyl (C=O) groups excluding carboxylic acids is 4. The highest BCUT2D eigenvalue weighted by Crippen LogP contribution is 2.42. The van der Waals surface area contributed by atoms with Gasteiger partial charge in [0.1, 0.15) is 17.1 Å². The Kier molecular flexibility index (Phi) is 13.2. The minimum absolute atomic E-state index is 0.0932. The summed E-state index contributed by atoms with van der Waals surface area (Å²) in [5.41, 5.74) is 7.85. The van der Waals surface area contributed by atoms with Crippen LogP contribution in [-0.2, 0) is 36.4 Å². The van der Waals surface area contributed by atoms with Crippen molar-refractivity contribution >= 4 is 63.7 Å². The van der Waals surface area contributed by atoms with Gasteiger partial charge in [0.2, 0.25) is 5.91 Å². The predicted molar refractivity (Wildman–Crippen MR) is 294 cm³/mol. The van der Waals surface area contributed by atoms with Gasteiger partial charge in [0.05, 0.1) is 59.5 Å². The summed E-state index contributed by atoms with van der Waals surface area (Å²) in [6.45, 7) is 18.2. The molecule has 0 unspecified atom stereocenters. The molecule has 11 rings (SSSR count). The van der Waals surface area contributed by atoms with Gasteiger partial charge in [-0.25, -0.2) is 19.9 Å². The van der Waals surface area contributed by atoms with Crippen molar-refractivity contribution in [3.63, 3.8) is 0 Å². The number of anilines is 7. The molecule has 6 aromatic rings. The summed E-state index contributed by atoms with van der Waals surface area (Å²) in [6, 6.07) is 18.6. The highest BCUT2D eigenvalue weighted by molar-refractivity contribution is 6.34. The number of aliphatic hydroxyl groups is 2. The summed E-state index contributed by atoms with van der Waals surface area (Å²) >= 11 is 0. The van der Waals surface area contributed by atoms with Gasteiger partial charge in [-0.1, -0.05) is 20.4 Å². The number of pyridine rings is 2. The molecule has 4 aliphatic heterocycles. The van der Waals surface area contributed by atoms with Crippen LogP contribution in [0.2, 0.25) is 0 Å². The summed E-state index contributed by atoms with van der Waals surface area (Å²) in [6.07, 6.45) is 9.61. The van der Waals surface area contributed by atoms with E-state index in [1.807, 2.05) is 36.4 Å². The van der Waals surface area contributed by atoms with E-state index in [0.29, 0.717) is 87.2 Å². The number of benzene rings is 2. The highest BCUT2D eigenvalue weighted by Gasteiger charge is 2.40. The first-order valence-electron chi connectivity index (χ1n) is 26.3. The zero-order valence-corrected chi connectivity index (χ0v) is 44.3. The third-order valence-corrected chi connectivity index (χ3v) is 15.8. The number of rotatable bonds is 13. The van der Waals surface area contributed by atoms with Gasteiger partial charge >= 0.3 is 0 Å². The molecule has 19 heteroatoms. The number of hydrogen-bond acceptors (Lipinski definition) is 15. The van der Waals surface area contributed by atoms with Crippen LogP contribution in [0.3, 0.4) is 0 Å².